The van der Waals surface area contributed by atoms with Crippen molar-refractivity contribution in [3.63, 3.8) is 0 Å². The Bertz CT molecular complexity index is 459. The van der Waals surface area contributed by atoms with E-state index in [-0.39, 0.29) is 5.41 Å². The topological polar surface area (TPSA) is 90.9 Å². The van der Waals surface area contributed by atoms with E-state index in [0.29, 0.717) is 12.1 Å². The second kappa shape index (κ2) is 6.64. The molecule has 5 heteroatoms. The van der Waals surface area contributed by atoms with Crippen LogP contribution in [-0.2, 0) is 0 Å². The molecule has 0 aliphatic heterocycles. The average Bonchev–Trinajstić information content (AvgIpc) is 2.35. The molecule has 1 rings (SSSR count). The van der Waals surface area contributed by atoms with Crippen molar-refractivity contribution in [3.8, 4) is 6.07 Å². The summed E-state index contributed by atoms with van der Waals surface area (Å²) in [4.78, 5) is 10.7. The molecule has 0 atom stereocenters. The van der Waals surface area contributed by atoms with Crippen LogP contribution < -0.4 is 16.4 Å². The van der Waals surface area contributed by atoms with Crippen molar-refractivity contribution in [2.75, 3.05) is 17.2 Å². The maximum atomic E-state index is 10.7. The number of primary amides is 1. The Hall–Kier alpha value is -2.22. The van der Waals surface area contributed by atoms with E-state index in [1.54, 1.807) is 12.1 Å². The molecule has 0 spiro atoms. The van der Waals surface area contributed by atoms with E-state index in [0.717, 1.165) is 18.7 Å². The molecule has 0 radical (unpaired) electrons. The van der Waals surface area contributed by atoms with Crippen LogP contribution >= 0.6 is 0 Å². The number of anilines is 2. The fraction of sp³-hybridized carbons (Fsp3) is 0.429. The normalized spacial score (nSPS) is 10.6. The molecule has 5 nitrogen and oxygen atoms in total. The van der Waals surface area contributed by atoms with Gasteiger partial charge in [0.05, 0.1) is 6.07 Å². The Morgan fingerprint density at radius 1 is 1.32 bits per heavy atom. The zero-order valence-electron chi connectivity index (χ0n) is 11.4. The number of nitrogens with one attached hydrogen (secondary N) is 2. The largest absolute Gasteiger partial charge is 0.385 e. The minimum atomic E-state index is -0.571. The van der Waals surface area contributed by atoms with Gasteiger partial charge in [-0.2, -0.15) is 5.26 Å². The molecule has 2 amide bonds. The van der Waals surface area contributed by atoms with Gasteiger partial charge in [-0.3, -0.25) is 0 Å². The molecule has 19 heavy (non-hydrogen) atoms. The van der Waals surface area contributed by atoms with Crippen molar-refractivity contribution in [2.45, 2.75) is 26.7 Å². The van der Waals surface area contributed by atoms with Gasteiger partial charge in [0, 0.05) is 24.3 Å². The molecular weight excluding hydrogens is 240 g/mol. The molecular formula is C14H20N4O. The number of rotatable bonds is 6. The maximum Gasteiger partial charge on any atom is 0.316 e. The van der Waals surface area contributed by atoms with Crippen LogP contribution in [0.25, 0.3) is 0 Å². The summed E-state index contributed by atoms with van der Waals surface area (Å²) in [5.74, 6) is 0. The molecule has 1 aromatic carbocycles. The van der Waals surface area contributed by atoms with Gasteiger partial charge >= 0.3 is 6.03 Å². The van der Waals surface area contributed by atoms with Gasteiger partial charge in [0.25, 0.3) is 0 Å². The number of urea groups is 1. The fourth-order valence-corrected chi connectivity index (χ4v) is 1.64. The molecule has 0 aromatic heterocycles. The number of carbonyl (C=O) groups excluding carboxylic acids is 1. The second-order valence-corrected chi connectivity index (χ2v) is 5.24. The first-order chi connectivity index (χ1) is 8.93. The molecule has 0 heterocycles. The van der Waals surface area contributed by atoms with Crippen molar-refractivity contribution in [1.29, 1.82) is 5.26 Å². The number of benzene rings is 1. The first kappa shape index (κ1) is 14.8. The van der Waals surface area contributed by atoms with Crippen molar-refractivity contribution in [2.24, 2.45) is 11.1 Å². The number of hydrogen-bond donors (Lipinski definition) is 3. The highest BCUT2D eigenvalue weighted by Gasteiger charge is 2.16. The van der Waals surface area contributed by atoms with Gasteiger partial charge in [0.15, 0.2) is 0 Å². The average molecular weight is 260 g/mol. The van der Waals surface area contributed by atoms with E-state index >= 15 is 0 Å². The Morgan fingerprint density at radius 2 is 1.89 bits per heavy atom. The number of nitriles is 1. The van der Waals surface area contributed by atoms with Gasteiger partial charge in [-0.05, 0) is 36.1 Å². The van der Waals surface area contributed by atoms with Crippen LogP contribution in [0.5, 0.6) is 0 Å². The predicted molar refractivity (Wildman–Crippen MR) is 76.8 cm³/mol. The SMILES string of the molecule is CC(C)(CCC#N)CNc1ccc(NC(N)=O)cc1. The van der Waals surface area contributed by atoms with Crippen LogP contribution in [0.2, 0.25) is 0 Å². The standard InChI is InChI=1S/C14H20N4O/c1-14(2,8-3-9-15)10-17-11-4-6-12(7-5-11)18-13(16)19/h4-7,17H,3,8,10H2,1-2H3,(H3,16,18,19). The van der Waals surface area contributed by atoms with Gasteiger partial charge in [-0.1, -0.05) is 13.8 Å². The first-order valence-corrected chi connectivity index (χ1v) is 6.20. The Balaban J connectivity index is 2.50. The smallest absolute Gasteiger partial charge is 0.316 e. The summed E-state index contributed by atoms with van der Waals surface area (Å²) >= 11 is 0. The summed E-state index contributed by atoms with van der Waals surface area (Å²) in [6.45, 7) is 5.04. The van der Waals surface area contributed by atoms with E-state index in [4.69, 9.17) is 11.0 Å². The predicted octanol–water partition coefficient (Wildman–Crippen LogP) is 2.92. The summed E-state index contributed by atoms with van der Waals surface area (Å²) in [5, 5.41) is 14.4. The number of nitrogens with zero attached hydrogens (tertiary/aromatic N) is 1. The van der Waals surface area contributed by atoms with Crippen LogP contribution in [0, 0.1) is 16.7 Å². The van der Waals surface area contributed by atoms with E-state index < -0.39 is 6.03 Å². The Morgan fingerprint density at radius 3 is 2.42 bits per heavy atom. The minimum Gasteiger partial charge on any atom is -0.385 e. The van der Waals surface area contributed by atoms with Crippen LogP contribution in [0.4, 0.5) is 16.2 Å². The van der Waals surface area contributed by atoms with Gasteiger partial charge in [-0.15, -0.1) is 0 Å². The lowest BCUT2D eigenvalue weighted by atomic mass is 9.88. The van der Waals surface area contributed by atoms with Gasteiger partial charge < -0.3 is 16.4 Å². The highest BCUT2D eigenvalue weighted by Crippen LogP contribution is 2.23. The molecule has 0 fully saturated rings. The van der Waals surface area contributed by atoms with Crippen LogP contribution in [0.3, 0.4) is 0 Å². The molecule has 0 saturated carbocycles. The summed E-state index contributed by atoms with van der Waals surface area (Å²) in [5.41, 5.74) is 6.74. The Kier molecular flexibility index (Phi) is 5.19. The number of nitrogens with two attached hydrogens (primary N) is 1. The van der Waals surface area contributed by atoms with Gasteiger partial charge in [-0.25, -0.2) is 4.79 Å². The van der Waals surface area contributed by atoms with Crippen LogP contribution in [0.15, 0.2) is 24.3 Å². The number of carbonyl (C=O) groups is 1. The van der Waals surface area contributed by atoms with Gasteiger partial charge in [0.2, 0.25) is 0 Å². The minimum absolute atomic E-state index is 0.0693. The highest BCUT2D eigenvalue weighted by atomic mass is 16.2. The third kappa shape index (κ3) is 5.77. The molecule has 0 aliphatic carbocycles. The van der Waals surface area contributed by atoms with Crippen molar-refractivity contribution < 1.29 is 4.79 Å². The van der Waals surface area contributed by atoms with Crippen LogP contribution in [-0.4, -0.2) is 12.6 Å². The number of hydrogen-bond acceptors (Lipinski definition) is 3. The van der Waals surface area contributed by atoms with E-state index in [2.05, 4.69) is 30.6 Å². The quantitative estimate of drug-likeness (QED) is 0.734. The summed E-state index contributed by atoms with van der Waals surface area (Å²) in [6, 6.07) is 8.93. The molecule has 1 aromatic rings. The highest BCUT2D eigenvalue weighted by molar-refractivity contribution is 5.87. The lowest BCUT2D eigenvalue weighted by Crippen LogP contribution is -2.23. The van der Waals surface area contributed by atoms with E-state index in [9.17, 15) is 4.79 Å². The van der Waals surface area contributed by atoms with Crippen molar-refractivity contribution in [3.05, 3.63) is 24.3 Å². The first-order valence-electron chi connectivity index (χ1n) is 6.20. The maximum absolute atomic E-state index is 10.7. The lowest BCUT2D eigenvalue weighted by molar-refractivity contribution is 0.259. The third-order valence-electron chi connectivity index (χ3n) is 2.84. The molecule has 0 bridgehead atoms. The molecule has 0 unspecified atom stereocenters. The monoisotopic (exact) mass is 260 g/mol. The molecule has 0 saturated heterocycles. The van der Waals surface area contributed by atoms with Crippen molar-refractivity contribution >= 4 is 17.4 Å². The fourth-order valence-electron chi connectivity index (χ4n) is 1.64. The summed E-state index contributed by atoms with van der Waals surface area (Å²) in [6.07, 6.45) is 1.42. The van der Waals surface area contributed by atoms with Gasteiger partial charge in [0.1, 0.15) is 0 Å². The van der Waals surface area contributed by atoms with E-state index in [1.165, 1.54) is 0 Å². The summed E-state index contributed by atoms with van der Waals surface area (Å²) < 4.78 is 0. The molecule has 4 N–H and O–H groups in total. The van der Waals surface area contributed by atoms with Crippen LogP contribution in [0.1, 0.15) is 26.7 Å². The Labute approximate surface area is 113 Å². The van der Waals surface area contributed by atoms with Crippen molar-refractivity contribution in [1.82, 2.24) is 0 Å². The lowest BCUT2D eigenvalue weighted by Gasteiger charge is -2.24. The zero-order chi connectivity index (χ0) is 14.3. The molecule has 102 valence electrons. The summed E-state index contributed by atoms with van der Waals surface area (Å²) in [7, 11) is 0. The third-order valence-corrected chi connectivity index (χ3v) is 2.84. The molecule has 0 aliphatic rings. The number of amides is 2. The zero-order valence-corrected chi connectivity index (χ0v) is 11.4. The van der Waals surface area contributed by atoms with E-state index in [1.807, 2.05) is 12.1 Å². The second-order valence-electron chi connectivity index (χ2n) is 5.24.